The average Bonchev–Trinajstić information content (AvgIpc) is 3.05. The molecule has 3 heteroatoms. The molecule has 0 aliphatic heterocycles. The molecule has 0 aromatic heterocycles. The van der Waals surface area contributed by atoms with Crippen LogP contribution >= 0.6 is 0 Å². The first-order valence-corrected chi connectivity index (χ1v) is 6.60. The lowest BCUT2D eigenvalue weighted by Crippen LogP contribution is -2.36. The molecule has 16 heavy (non-hydrogen) atoms. The number of unbranched alkanes of at least 4 members (excludes halogenated alkanes) is 1. The highest BCUT2D eigenvalue weighted by molar-refractivity contribution is 5.66. The van der Waals surface area contributed by atoms with E-state index in [-0.39, 0.29) is 0 Å². The quantitative estimate of drug-likeness (QED) is 0.645. The fourth-order valence-corrected chi connectivity index (χ4v) is 2.77. The van der Waals surface area contributed by atoms with E-state index in [1.165, 1.54) is 25.7 Å². The van der Waals surface area contributed by atoms with E-state index in [4.69, 9.17) is 5.11 Å². The Bertz CT molecular complexity index is 234. The molecule has 2 saturated carbocycles. The maximum Gasteiger partial charge on any atom is 0.303 e. The Kier molecular flexibility index (Phi) is 3.85. The van der Waals surface area contributed by atoms with Gasteiger partial charge in [-0.05, 0) is 64.0 Å². The summed E-state index contributed by atoms with van der Waals surface area (Å²) in [4.78, 5) is 12.9. The first-order chi connectivity index (χ1) is 7.68. The summed E-state index contributed by atoms with van der Waals surface area (Å²) in [6.45, 7) is 1.07. The minimum absolute atomic E-state index is 0.325. The van der Waals surface area contributed by atoms with Crippen molar-refractivity contribution in [2.45, 2.75) is 51.0 Å². The molecule has 0 atom stereocenters. The van der Waals surface area contributed by atoms with Gasteiger partial charge in [0.1, 0.15) is 0 Å². The van der Waals surface area contributed by atoms with Gasteiger partial charge in [0.05, 0.1) is 0 Å². The van der Waals surface area contributed by atoms with E-state index in [0.29, 0.717) is 6.42 Å². The van der Waals surface area contributed by atoms with Crippen molar-refractivity contribution in [3.8, 4) is 0 Å². The lowest BCUT2D eigenvalue weighted by Gasteiger charge is -2.28. The van der Waals surface area contributed by atoms with Gasteiger partial charge >= 0.3 is 5.97 Å². The van der Waals surface area contributed by atoms with Crippen molar-refractivity contribution in [3.63, 3.8) is 0 Å². The van der Waals surface area contributed by atoms with E-state index < -0.39 is 5.97 Å². The predicted octanol–water partition coefficient (Wildman–Crippen LogP) is 2.36. The predicted molar refractivity (Wildman–Crippen MR) is 63.4 cm³/mol. The molecule has 2 aliphatic rings. The van der Waals surface area contributed by atoms with E-state index in [9.17, 15) is 4.79 Å². The van der Waals surface area contributed by atoms with Gasteiger partial charge in [-0.1, -0.05) is 0 Å². The minimum atomic E-state index is -0.663. The van der Waals surface area contributed by atoms with Gasteiger partial charge in [0.2, 0.25) is 0 Å². The van der Waals surface area contributed by atoms with Crippen LogP contribution in [0.4, 0.5) is 0 Å². The number of aliphatic carboxylic acids is 1. The van der Waals surface area contributed by atoms with Crippen LogP contribution in [-0.2, 0) is 4.79 Å². The van der Waals surface area contributed by atoms with Gasteiger partial charge in [0, 0.05) is 12.5 Å². The van der Waals surface area contributed by atoms with Gasteiger partial charge in [0.15, 0.2) is 0 Å². The van der Waals surface area contributed by atoms with Crippen LogP contribution in [0.2, 0.25) is 0 Å². The molecule has 3 nitrogen and oxygen atoms in total. The van der Waals surface area contributed by atoms with Gasteiger partial charge in [-0.15, -0.1) is 0 Å². The summed E-state index contributed by atoms with van der Waals surface area (Å²) in [5.41, 5.74) is 0. The Morgan fingerprint density at radius 2 is 1.81 bits per heavy atom. The monoisotopic (exact) mass is 225 g/mol. The van der Waals surface area contributed by atoms with Crippen molar-refractivity contribution >= 4 is 5.97 Å². The fraction of sp³-hybridized carbons (Fsp3) is 0.923. The van der Waals surface area contributed by atoms with Crippen LogP contribution < -0.4 is 0 Å². The molecule has 0 unspecified atom stereocenters. The largest absolute Gasteiger partial charge is 0.481 e. The molecular formula is C13H23NO2. The molecule has 2 rings (SSSR count). The summed E-state index contributed by atoms with van der Waals surface area (Å²) in [6.07, 6.45) is 7.84. The smallest absolute Gasteiger partial charge is 0.303 e. The summed E-state index contributed by atoms with van der Waals surface area (Å²) in [5.74, 6) is 1.25. The van der Waals surface area contributed by atoms with E-state index in [0.717, 1.165) is 37.3 Å². The van der Waals surface area contributed by atoms with E-state index in [1.54, 1.807) is 0 Å². The first kappa shape index (κ1) is 11.9. The third-order valence-corrected chi connectivity index (χ3v) is 3.87. The number of carbonyl (C=O) groups is 1. The van der Waals surface area contributed by atoms with Crippen LogP contribution in [0.3, 0.4) is 0 Å². The van der Waals surface area contributed by atoms with Crippen LogP contribution in [-0.4, -0.2) is 35.6 Å². The van der Waals surface area contributed by atoms with Crippen LogP contribution in [0.15, 0.2) is 0 Å². The fourth-order valence-electron chi connectivity index (χ4n) is 2.77. The van der Waals surface area contributed by atoms with Crippen LogP contribution in [0.1, 0.15) is 44.9 Å². The summed E-state index contributed by atoms with van der Waals surface area (Å²) >= 11 is 0. The second-order valence-corrected chi connectivity index (χ2v) is 5.50. The molecule has 0 bridgehead atoms. The van der Waals surface area contributed by atoms with Gasteiger partial charge in [-0.25, -0.2) is 0 Å². The molecule has 0 amide bonds. The SMILES string of the molecule is CN(CCCCC(=O)O)C(C1CC1)C1CC1. The third kappa shape index (κ3) is 3.48. The van der Waals surface area contributed by atoms with Gasteiger partial charge < -0.3 is 10.0 Å². The molecule has 0 radical (unpaired) electrons. The Balaban J connectivity index is 1.65. The zero-order valence-corrected chi connectivity index (χ0v) is 10.2. The molecule has 2 fully saturated rings. The number of nitrogens with zero attached hydrogens (tertiary/aromatic N) is 1. The molecule has 0 aromatic carbocycles. The normalized spacial score (nSPS) is 20.7. The number of hydrogen-bond acceptors (Lipinski definition) is 2. The van der Waals surface area contributed by atoms with Crippen molar-refractivity contribution in [3.05, 3.63) is 0 Å². The van der Waals surface area contributed by atoms with E-state index in [2.05, 4.69) is 11.9 Å². The number of rotatable bonds is 8. The second-order valence-electron chi connectivity index (χ2n) is 5.50. The van der Waals surface area contributed by atoms with Gasteiger partial charge in [-0.3, -0.25) is 4.79 Å². The number of carboxylic acids is 1. The highest BCUT2D eigenvalue weighted by atomic mass is 16.4. The van der Waals surface area contributed by atoms with Crippen molar-refractivity contribution < 1.29 is 9.90 Å². The average molecular weight is 225 g/mol. The number of carboxylic acid groups (broad SMARTS) is 1. The highest BCUT2D eigenvalue weighted by Gasteiger charge is 2.43. The molecule has 0 spiro atoms. The maximum atomic E-state index is 10.4. The lowest BCUT2D eigenvalue weighted by atomic mass is 10.1. The molecule has 1 N–H and O–H groups in total. The first-order valence-electron chi connectivity index (χ1n) is 6.60. The summed E-state index contributed by atoms with van der Waals surface area (Å²) in [7, 11) is 2.22. The minimum Gasteiger partial charge on any atom is -0.481 e. The van der Waals surface area contributed by atoms with Crippen molar-refractivity contribution in [1.29, 1.82) is 0 Å². The number of hydrogen-bond donors (Lipinski definition) is 1. The highest BCUT2D eigenvalue weighted by Crippen LogP contribution is 2.46. The lowest BCUT2D eigenvalue weighted by molar-refractivity contribution is -0.137. The summed E-state index contributed by atoms with van der Waals surface area (Å²) in [6, 6.07) is 0.810. The standard InChI is InChI=1S/C13H23NO2/c1-14(9-3-2-4-12(15)16)13(10-5-6-10)11-7-8-11/h10-11,13H,2-9H2,1H3,(H,15,16). The molecule has 92 valence electrons. The second kappa shape index (κ2) is 5.17. The molecular weight excluding hydrogens is 202 g/mol. The van der Waals surface area contributed by atoms with Crippen LogP contribution in [0.25, 0.3) is 0 Å². The molecule has 0 heterocycles. The Labute approximate surface area is 97.8 Å². The third-order valence-electron chi connectivity index (χ3n) is 3.87. The Morgan fingerprint density at radius 1 is 1.25 bits per heavy atom. The maximum absolute atomic E-state index is 10.4. The Morgan fingerprint density at radius 3 is 2.25 bits per heavy atom. The molecule has 2 aliphatic carbocycles. The van der Waals surface area contributed by atoms with E-state index >= 15 is 0 Å². The summed E-state index contributed by atoms with van der Waals surface area (Å²) in [5, 5.41) is 8.57. The molecule has 0 saturated heterocycles. The zero-order valence-electron chi connectivity index (χ0n) is 10.2. The van der Waals surface area contributed by atoms with Crippen molar-refractivity contribution in [1.82, 2.24) is 4.90 Å². The van der Waals surface area contributed by atoms with Crippen LogP contribution in [0, 0.1) is 11.8 Å². The van der Waals surface area contributed by atoms with Gasteiger partial charge in [0.25, 0.3) is 0 Å². The van der Waals surface area contributed by atoms with E-state index in [1.807, 2.05) is 0 Å². The van der Waals surface area contributed by atoms with Crippen molar-refractivity contribution in [2.75, 3.05) is 13.6 Å². The molecule has 0 aromatic rings. The van der Waals surface area contributed by atoms with Gasteiger partial charge in [-0.2, -0.15) is 0 Å². The van der Waals surface area contributed by atoms with Crippen molar-refractivity contribution in [2.24, 2.45) is 11.8 Å². The van der Waals surface area contributed by atoms with Crippen LogP contribution in [0.5, 0.6) is 0 Å². The topological polar surface area (TPSA) is 40.5 Å². The zero-order chi connectivity index (χ0) is 11.5. The summed E-state index contributed by atoms with van der Waals surface area (Å²) < 4.78 is 0. The Hall–Kier alpha value is -0.570.